The van der Waals surface area contributed by atoms with Gasteiger partial charge >= 0.3 is 0 Å². The van der Waals surface area contributed by atoms with E-state index in [-0.39, 0.29) is 41.5 Å². The molecule has 0 radical (unpaired) electrons. The van der Waals surface area contributed by atoms with Crippen LogP contribution in [0.4, 0.5) is 0 Å². The summed E-state index contributed by atoms with van der Waals surface area (Å²) < 4.78 is 0. The Morgan fingerprint density at radius 3 is 2.33 bits per heavy atom. The summed E-state index contributed by atoms with van der Waals surface area (Å²) in [6, 6.07) is 12.8. The van der Waals surface area contributed by atoms with Gasteiger partial charge in [0.25, 0.3) is 0 Å². The van der Waals surface area contributed by atoms with Gasteiger partial charge in [0, 0.05) is 17.9 Å². The minimum atomic E-state index is -0.0917. The van der Waals surface area contributed by atoms with Gasteiger partial charge in [-0.15, -0.1) is 0 Å². The number of carbonyl (C=O) groups is 3. The topological polar surface area (TPSA) is 51.2 Å². The molecule has 3 heteroatoms. The summed E-state index contributed by atoms with van der Waals surface area (Å²) in [5.74, 6) is 0.620. The largest absolute Gasteiger partial charge is 0.300 e. The van der Waals surface area contributed by atoms with E-state index >= 15 is 0 Å². The van der Waals surface area contributed by atoms with Crippen molar-refractivity contribution in [3.05, 3.63) is 69.8 Å². The van der Waals surface area contributed by atoms with Crippen LogP contribution >= 0.6 is 0 Å². The van der Waals surface area contributed by atoms with Crippen LogP contribution < -0.4 is 0 Å². The average molecular weight is 487 g/mol. The van der Waals surface area contributed by atoms with Crippen LogP contribution in [0.5, 0.6) is 0 Å². The normalized spacial score (nSPS) is 17.1. The van der Waals surface area contributed by atoms with Crippen molar-refractivity contribution in [1.82, 2.24) is 0 Å². The molecule has 192 valence electrons. The predicted octanol–water partition coefficient (Wildman–Crippen LogP) is 7.85. The maximum Gasteiger partial charge on any atom is 0.163 e. The zero-order chi connectivity index (χ0) is 26.2. The monoisotopic (exact) mass is 486 g/mol. The first kappa shape index (κ1) is 27.8. The molecular formula is C33H42O3. The van der Waals surface area contributed by atoms with Gasteiger partial charge in [0.05, 0.1) is 6.42 Å². The van der Waals surface area contributed by atoms with Gasteiger partial charge in [0.15, 0.2) is 5.78 Å². The third-order valence-electron chi connectivity index (χ3n) is 7.84. The van der Waals surface area contributed by atoms with Crippen LogP contribution in [0, 0.1) is 24.7 Å². The number of ketones is 3. The Hall–Kier alpha value is -2.81. The maximum absolute atomic E-state index is 13.3. The molecule has 0 spiro atoms. The highest BCUT2D eigenvalue weighted by molar-refractivity contribution is 6.01. The quantitative estimate of drug-likeness (QED) is 0.227. The SMILES string of the molecule is CCCC(CC1CC(=O)c2c(ccc(/C=C/c3ccc(CC)cc3)c2C)C1)C(CC)C(=O)CC(C)=O. The molecule has 0 heterocycles. The Bertz CT molecular complexity index is 1110. The highest BCUT2D eigenvalue weighted by Gasteiger charge is 2.33. The Morgan fingerprint density at radius 2 is 1.72 bits per heavy atom. The van der Waals surface area contributed by atoms with Crippen LogP contribution in [-0.2, 0) is 22.4 Å². The fraction of sp³-hybridized carbons (Fsp3) is 0.485. The van der Waals surface area contributed by atoms with E-state index in [1.54, 1.807) is 0 Å². The van der Waals surface area contributed by atoms with Crippen molar-refractivity contribution in [1.29, 1.82) is 0 Å². The van der Waals surface area contributed by atoms with Gasteiger partial charge in [-0.25, -0.2) is 0 Å². The summed E-state index contributed by atoms with van der Waals surface area (Å²) in [6.45, 7) is 9.90. The van der Waals surface area contributed by atoms with E-state index in [9.17, 15) is 14.4 Å². The van der Waals surface area contributed by atoms with Gasteiger partial charge in [0.1, 0.15) is 11.6 Å². The lowest BCUT2D eigenvalue weighted by Gasteiger charge is -2.32. The molecule has 0 fully saturated rings. The summed E-state index contributed by atoms with van der Waals surface area (Å²) >= 11 is 0. The van der Waals surface area contributed by atoms with E-state index in [0.29, 0.717) is 6.42 Å². The van der Waals surface area contributed by atoms with E-state index in [0.717, 1.165) is 66.3 Å². The lowest BCUT2D eigenvalue weighted by molar-refractivity contribution is -0.129. The Balaban J connectivity index is 1.77. The van der Waals surface area contributed by atoms with Crippen LogP contribution in [-0.4, -0.2) is 17.3 Å². The molecule has 0 amide bonds. The van der Waals surface area contributed by atoms with E-state index in [1.165, 1.54) is 12.5 Å². The maximum atomic E-state index is 13.3. The minimum Gasteiger partial charge on any atom is -0.300 e. The molecule has 2 aromatic rings. The minimum absolute atomic E-state index is 0.0311. The van der Waals surface area contributed by atoms with Crippen LogP contribution in [0.1, 0.15) is 104 Å². The number of rotatable bonds is 12. The molecule has 3 unspecified atom stereocenters. The highest BCUT2D eigenvalue weighted by Crippen LogP contribution is 2.37. The van der Waals surface area contributed by atoms with Gasteiger partial charge < -0.3 is 0 Å². The molecule has 3 rings (SSSR count). The molecule has 2 aromatic carbocycles. The number of benzene rings is 2. The van der Waals surface area contributed by atoms with Crippen molar-refractivity contribution in [2.24, 2.45) is 17.8 Å². The molecule has 0 aliphatic heterocycles. The van der Waals surface area contributed by atoms with Gasteiger partial charge in [-0.3, -0.25) is 14.4 Å². The average Bonchev–Trinajstić information content (AvgIpc) is 2.84. The number of aryl methyl sites for hydroxylation is 1. The van der Waals surface area contributed by atoms with Crippen molar-refractivity contribution in [3.63, 3.8) is 0 Å². The molecule has 3 atom stereocenters. The first-order chi connectivity index (χ1) is 17.3. The first-order valence-corrected chi connectivity index (χ1v) is 13.7. The fourth-order valence-electron chi connectivity index (χ4n) is 5.97. The summed E-state index contributed by atoms with van der Waals surface area (Å²) in [5, 5.41) is 0. The van der Waals surface area contributed by atoms with E-state index in [1.807, 2.05) is 6.92 Å². The van der Waals surface area contributed by atoms with Crippen LogP contribution in [0.2, 0.25) is 0 Å². The van der Waals surface area contributed by atoms with Gasteiger partial charge in [-0.05, 0) is 79.2 Å². The van der Waals surface area contributed by atoms with Crippen LogP contribution in [0.15, 0.2) is 36.4 Å². The zero-order valence-electron chi connectivity index (χ0n) is 22.7. The molecule has 36 heavy (non-hydrogen) atoms. The number of fused-ring (bicyclic) bond motifs is 1. The summed E-state index contributed by atoms with van der Waals surface area (Å²) in [6.07, 6.45) is 10.3. The summed E-state index contributed by atoms with van der Waals surface area (Å²) in [5.41, 5.74) is 6.66. The molecule has 1 aliphatic carbocycles. The Labute approximate surface area is 217 Å². The standard InChI is InChI=1S/C33H42O3/c1-6-9-28(30(8-3)31(35)18-22(4)34)19-26-20-29-17-16-27(23(5)33(29)32(36)21-26)15-14-25-12-10-24(7-2)11-13-25/h10-17,26,28,30H,6-9,18-21H2,1-5H3/b15-14+. The summed E-state index contributed by atoms with van der Waals surface area (Å²) in [7, 11) is 0. The second-order valence-corrected chi connectivity index (χ2v) is 10.6. The van der Waals surface area contributed by atoms with Gasteiger partial charge in [-0.1, -0.05) is 82.2 Å². The van der Waals surface area contributed by atoms with E-state index in [2.05, 4.69) is 69.3 Å². The molecule has 3 nitrogen and oxygen atoms in total. The van der Waals surface area contributed by atoms with Crippen LogP contribution in [0.3, 0.4) is 0 Å². The molecule has 0 N–H and O–H groups in total. The third kappa shape index (κ3) is 6.90. The number of Topliss-reactive ketones (excluding diaryl/α,β-unsaturated/α-hetero) is 3. The Kier molecular flexibility index (Phi) is 9.98. The molecular weight excluding hydrogens is 444 g/mol. The Morgan fingerprint density at radius 1 is 1.00 bits per heavy atom. The zero-order valence-corrected chi connectivity index (χ0v) is 22.7. The number of carbonyl (C=O) groups excluding carboxylic acids is 3. The molecule has 0 aromatic heterocycles. The van der Waals surface area contributed by atoms with Gasteiger partial charge in [0.2, 0.25) is 0 Å². The first-order valence-electron chi connectivity index (χ1n) is 13.7. The van der Waals surface area contributed by atoms with E-state index in [4.69, 9.17) is 0 Å². The third-order valence-corrected chi connectivity index (χ3v) is 7.84. The van der Waals surface area contributed by atoms with Crippen molar-refractivity contribution < 1.29 is 14.4 Å². The van der Waals surface area contributed by atoms with Crippen molar-refractivity contribution in [2.45, 2.75) is 86.0 Å². The lowest BCUT2D eigenvalue weighted by Crippen LogP contribution is -2.29. The number of hydrogen-bond donors (Lipinski definition) is 0. The summed E-state index contributed by atoms with van der Waals surface area (Å²) in [4.78, 5) is 37.7. The van der Waals surface area contributed by atoms with E-state index < -0.39 is 0 Å². The van der Waals surface area contributed by atoms with Crippen LogP contribution in [0.25, 0.3) is 12.2 Å². The number of hydrogen-bond acceptors (Lipinski definition) is 3. The predicted molar refractivity (Wildman–Crippen MR) is 149 cm³/mol. The van der Waals surface area contributed by atoms with Crippen molar-refractivity contribution in [3.8, 4) is 0 Å². The van der Waals surface area contributed by atoms with Gasteiger partial charge in [-0.2, -0.15) is 0 Å². The highest BCUT2D eigenvalue weighted by atomic mass is 16.1. The molecule has 1 aliphatic rings. The van der Waals surface area contributed by atoms with Crippen molar-refractivity contribution >= 4 is 29.5 Å². The molecule has 0 saturated carbocycles. The fourth-order valence-corrected chi connectivity index (χ4v) is 5.97. The second kappa shape index (κ2) is 12.9. The lowest BCUT2D eigenvalue weighted by atomic mass is 9.72. The molecule has 0 bridgehead atoms. The second-order valence-electron chi connectivity index (χ2n) is 10.6. The molecule has 0 saturated heterocycles. The van der Waals surface area contributed by atoms with Crippen molar-refractivity contribution in [2.75, 3.05) is 0 Å². The smallest absolute Gasteiger partial charge is 0.163 e.